The predicted octanol–water partition coefficient (Wildman–Crippen LogP) is 2.62. The van der Waals surface area contributed by atoms with Crippen molar-refractivity contribution in [2.24, 2.45) is 10.9 Å². The van der Waals surface area contributed by atoms with Gasteiger partial charge in [-0.1, -0.05) is 13.0 Å². The average molecular weight is 476 g/mol. The number of hydrogen-bond donors (Lipinski definition) is 3. The van der Waals surface area contributed by atoms with Crippen LogP contribution in [0.5, 0.6) is 0 Å². The number of thiophene rings is 1. The lowest BCUT2D eigenvalue weighted by Crippen LogP contribution is -2.44. The van der Waals surface area contributed by atoms with Gasteiger partial charge in [0.25, 0.3) is 0 Å². The number of guanidine groups is 1. The second kappa shape index (κ2) is 11.9. The number of halogens is 1. The lowest BCUT2D eigenvalue weighted by atomic mass is 10.1. The van der Waals surface area contributed by atoms with Crippen LogP contribution in [0.1, 0.15) is 17.6 Å². The minimum Gasteiger partial charge on any atom is -0.467 e. The average Bonchev–Trinajstić information content (AvgIpc) is 3.26. The van der Waals surface area contributed by atoms with Crippen molar-refractivity contribution in [2.45, 2.75) is 19.9 Å². The molecule has 8 heteroatoms. The summed E-state index contributed by atoms with van der Waals surface area (Å²) < 4.78 is 5.17. The van der Waals surface area contributed by atoms with Crippen molar-refractivity contribution >= 4 is 47.2 Å². The third-order valence-electron chi connectivity index (χ3n) is 3.43. The van der Waals surface area contributed by atoms with E-state index >= 15 is 0 Å². The van der Waals surface area contributed by atoms with Gasteiger partial charge < -0.3 is 20.4 Å². The molecule has 0 saturated heterocycles. The number of nitrogens with zero attached hydrogens (tertiary/aromatic N) is 1. The minimum atomic E-state index is -0.110. The number of aliphatic imine (C=N–C) groups is 1. The van der Waals surface area contributed by atoms with E-state index in [1.165, 1.54) is 4.88 Å². The lowest BCUT2D eigenvalue weighted by Gasteiger charge is -2.15. The molecule has 0 saturated carbocycles. The van der Waals surface area contributed by atoms with E-state index in [-0.39, 0.29) is 36.4 Å². The van der Waals surface area contributed by atoms with E-state index in [1.54, 1.807) is 30.7 Å². The first-order valence-corrected chi connectivity index (χ1v) is 8.81. The second-order valence-corrected chi connectivity index (χ2v) is 6.58. The normalized spacial score (nSPS) is 12.2. The van der Waals surface area contributed by atoms with Crippen LogP contribution in [-0.2, 0) is 17.8 Å². The largest absolute Gasteiger partial charge is 0.467 e. The van der Waals surface area contributed by atoms with E-state index < -0.39 is 0 Å². The molecule has 0 spiro atoms. The Morgan fingerprint density at radius 3 is 2.76 bits per heavy atom. The molecule has 138 valence electrons. The Balaban J connectivity index is 0.00000312. The van der Waals surface area contributed by atoms with E-state index in [4.69, 9.17) is 4.42 Å². The van der Waals surface area contributed by atoms with Gasteiger partial charge >= 0.3 is 0 Å². The number of nitrogens with one attached hydrogen (secondary N) is 3. The third-order valence-corrected chi connectivity index (χ3v) is 4.33. The molecule has 2 aromatic rings. The smallest absolute Gasteiger partial charge is 0.239 e. The number of carbonyl (C=O) groups excluding carboxylic acids is 1. The summed E-state index contributed by atoms with van der Waals surface area (Å²) in [6.07, 6.45) is 2.62. The van der Waals surface area contributed by atoms with Gasteiger partial charge in [0.2, 0.25) is 5.91 Å². The van der Waals surface area contributed by atoms with Crippen molar-refractivity contribution < 1.29 is 9.21 Å². The molecule has 0 aromatic carbocycles. The number of carbonyl (C=O) groups is 1. The fourth-order valence-electron chi connectivity index (χ4n) is 2.16. The minimum absolute atomic E-state index is 0. The van der Waals surface area contributed by atoms with Gasteiger partial charge in [0, 0.05) is 18.5 Å². The molecule has 6 nitrogen and oxygen atoms in total. The zero-order chi connectivity index (χ0) is 17.2. The highest BCUT2D eigenvalue weighted by Gasteiger charge is 2.08. The fourth-order valence-corrected chi connectivity index (χ4v) is 3.03. The molecule has 1 amide bonds. The molecule has 0 aliphatic rings. The van der Waals surface area contributed by atoms with Crippen molar-refractivity contribution in [1.29, 1.82) is 0 Å². The van der Waals surface area contributed by atoms with E-state index in [0.29, 0.717) is 18.4 Å². The Hall–Kier alpha value is -1.55. The highest BCUT2D eigenvalue weighted by molar-refractivity contribution is 14.0. The van der Waals surface area contributed by atoms with Gasteiger partial charge in [0.15, 0.2) is 5.96 Å². The van der Waals surface area contributed by atoms with E-state index in [1.807, 2.05) is 6.07 Å². The summed E-state index contributed by atoms with van der Waals surface area (Å²) in [6.45, 7) is 3.54. The molecule has 1 unspecified atom stereocenters. The summed E-state index contributed by atoms with van der Waals surface area (Å²) in [5.41, 5.74) is 0. The summed E-state index contributed by atoms with van der Waals surface area (Å²) in [4.78, 5) is 17.3. The maximum Gasteiger partial charge on any atom is 0.239 e. The molecule has 1 atom stereocenters. The molecule has 0 aliphatic heterocycles. The topological polar surface area (TPSA) is 78.7 Å². The van der Waals surface area contributed by atoms with Crippen LogP contribution < -0.4 is 16.0 Å². The van der Waals surface area contributed by atoms with Gasteiger partial charge in [-0.2, -0.15) is 0 Å². The Morgan fingerprint density at radius 2 is 2.12 bits per heavy atom. The summed E-state index contributed by atoms with van der Waals surface area (Å²) in [7, 11) is 1.69. The summed E-state index contributed by atoms with van der Waals surface area (Å²) in [5, 5.41) is 11.1. The molecule has 3 N–H and O–H groups in total. The van der Waals surface area contributed by atoms with Gasteiger partial charge in [-0.3, -0.25) is 9.79 Å². The van der Waals surface area contributed by atoms with E-state index in [0.717, 1.165) is 18.7 Å². The lowest BCUT2D eigenvalue weighted by molar-refractivity contribution is -0.120. The first kappa shape index (κ1) is 21.5. The van der Waals surface area contributed by atoms with Crippen LogP contribution in [0.2, 0.25) is 0 Å². The molecule has 0 fully saturated rings. The van der Waals surface area contributed by atoms with Gasteiger partial charge in [0.05, 0.1) is 19.4 Å². The maximum absolute atomic E-state index is 11.8. The monoisotopic (exact) mass is 476 g/mol. The van der Waals surface area contributed by atoms with Gasteiger partial charge in [-0.05, 0) is 35.9 Å². The van der Waals surface area contributed by atoms with Gasteiger partial charge in [-0.25, -0.2) is 0 Å². The Morgan fingerprint density at radius 1 is 1.28 bits per heavy atom. The van der Waals surface area contributed by atoms with Crippen molar-refractivity contribution in [3.8, 4) is 0 Å². The summed E-state index contributed by atoms with van der Waals surface area (Å²) >= 11 is 1.78. The summed E-state index contributed by atoms with van der Waals surface area (Å²) in [5.74, 6) is 1.73. The van der Waals surface area contributed by atoms with Crippen LogP contribution in [-0.4, -0.2) is 32.0 Å². The van der Waals surface area contributed by atoms with Crippen molar-refractivity contribution in [3.63, 3.8) is 0 Å². The second-order valence-electron chi connectivity index (χ2n) is 5.55. The zero-order valence-corrected chi connectivity index (χ0v) is 17.6. The first-order valence-electron chi connectivity index (χ1n) is 7.93. The zero-order valence-electron chi connectivity index (χ0n) is 14.5. The molecule has 25 heavy (non-hydrogen) atoms. The number of rotatable bonds is 8. The molecule has 0 aliphatic carbocycles. The molecular weight excluding hydrogens is 451 g/mol. The van der Waals surface area contributed by atoms with Crippen LogP contribution in [0, 0.1) is 5.92 Å². The highest BCUT2D eigenvalue weighted by Crippen LogP contribution is 2.13. The van der Waals surface area contributed by atoms with Crippen LogP contribution >= 0.6 is 35.3 Å². The number of amides is 1. The number of furan rings is 1. The van der Waals surface area contributed by atoms with Crippen LogP contribution in [0.25, 0.3) is 0 Å². The Labute approximate surface area is 169 Å². The summed E-state index contributed by atoms with van der Waals surface area (Å²) in [6, 6.07) is 7.84. The highest BCUT2D eigenvalue weighted by atomic mass is 127. The van der Waals surface area contributed by atoms with E-state index in [2.05, 4.69) is 45.4 Å². The molecule has 2 heterocycles. The molecule has 0 bridgehead atoms. The molecule has 2 aromatic heterocycles. The van der Waals surface area contributed by atoms with Crippen LogP contribution in [0.15, 0.2) is 45.3 Å². The van der Waals surface area contributed by atoms with Crippen LogP contribution in [0.3, 0.4) is 0 Å². The van der Waals surface area contributed by atoms with Gasteiger partial charge in [0.1, 0.15) is 5.76 Å². The Bertz CT molecular complexity index is 629. The predicted molar refractivity (Wildman–Crippen MR) is 113 cm³/mol. The van der Waals surface area contributed by atoms with Crippen molar-refractivity contribution in [2.75, 3.05) is 20.1 Å². The third kappa shape index (κ3) is 8.39. The number of hydrogen-bond acceptors (Lipinski definition) is 4. The quantitative estimate of drug-likeness (QED) is 0.311. The molecule has 2 rings (SSSR count). The van der Waals surface area contributed by atoms with Crippen molar-refractivity contribution in [3.05, 3.63) is 46.5 Å². The standard InChI is InChI=1S/C17H24N4O2S.HI/c1-13(9-15-6-4-8-24-15)10-20-17(18-2)21-12-16(22)19-11-14-5-3-7-23-14;/h3-8,13H,9-12H2,1-2H3,(H,19,22)(H2,18,20,21);1H. The van der Waals surface area contributed by atoms with Crippen LogP contribution in [0.4, 0.5) is 0 Å². The molecule has 0 radical (unpaired) electrons. The van der Waals surface area contributed by atoms with Gasteiger partial charge in [-0.15, -0.1) is 35.3 Å². The first-order chi connectivity index (χ1) is 11.7. The van der Waals surface area contributed by atoms with Crippen molar-refractivity contribution in [1.82, 2.24) is 16.0 Å². The SMILES string of the molecule is CN=C(NCC(=O)NCc1ccco1)NCC(C)Cc1cccs1.I. The maximum atomic E-state index is 11.8. The fraction of sp³-hybridized carbons (Fsp3) is 0.412. The Kier molecular flexibility index (Phi) is 10.2. The molecular formula is C17H25IN4O2S. The van der Waals surface area contributed by atoms with E-state index in [9.17, 15) is 4.79 Å².